The molecule has 0 radical (unpaired) electrons. The number of hydrogen-bond donors (Lipinski definition) is 0. The molecule has 0 aliphatic carbocycles. The van der Waals surface area contributed by atoms with Gasteiger partial charge in [0, 0.05) is 29.5 Å². The zero-order valence-electron chi connectivity index (χ0n) is 14.8. The molecule has 0 aliphatic heterocycles. The number of aromatic nitrogens is 2. The summed E-state index contributed by atoms with van der Waals surface area (Å²) >= 11 is 1.44. The highest BCUT2D eigenvalue weighted by Gasteiger charge is 2.19. The topological polar surface area (TPSA) is 71.8 Å². The summed E-state index contributed by atoms with van der Waals surface area (Å²) in [6.45, 7) is 2.46. The van der Waals surface area contributed by atoms with Gasteiger partial charge in [-0.25, -0.2) is 4.98 Å². The first kappa shape index (κ1) is 17.3. The number of furan rings is 1. The van der Waals surface area contributed by atoms with E-state index in [1.807, 2.05) is 42.6 Å². The molecule has 4 rings (SSSR count). The number of aryl methyl sites for hydroxylation is 1. The van der Waals surface area contributed by atoms with Crippen molar-refractivity contribution in [1.82, 2.24) is 9.55 Å². The first-order chi connectivity index (χ1) is 13.2. The van der Waals surface area contributed by atoms with Gasteiger partial charge < -0.3 is 4.42 Å². The predicted molar refractivity (Wildman–Crippen MR) is 107 cm³/mol. The third-order valence-corrected chi connectivity index (χ3v) is 5.30. The lowest BCUT2D eigenvalue weighted by Gasteiger charge is -2.13. The Morgan fingerprint density at radius 2 is 2.19 bits per heavy atom. The van der Waals surface area contributed by atoms with E-state index < -0.39 is 0 Å². The van der Waals surface area contributed by atoms with Crippen molar-refractivity contribution in [2.75, 3.05) is 0 Å². The average molecular weight is 375 g/mol. The maximum absolute atomic E-state index is 13.4. The lowest BCUT2D eigenvalue weighted by molar-refractivity contribution is 0.583. The molecule has 4 aromatic rings. The van der Waals surface area contributed by atoms with Crippen LogP contribution in [-0.2, 0) is 6.54 Å². The van der Waals surface area contributed by atoms with E-state index in [1.165, 1.54) is 11.3 Å². The highest BCUT2D eigenvalue weighted by molar-refractivity contribution is 7.17. The van der Waals surface area contributed by atoms with Gasteiger partial charge in [0.15, 0.2) is 0 Å². The number of nitrogens with zero attached hydrogens (tertiary/aromatic N) is 3. The van der Waals surface area contributed by atoms with Crippen molar-refractivity contribution in [2.24, 2.45) is 0 Å². The fourth-order valence-electron chi connectivity index (χ4n) is 3.17. The minimum absolute atomic E-state index is 0.0953. The third kappa shape index (κ3) is 3.18. The molecule has 0 bridgehead atoms. The Hall–Kier alpha value is -3.17. The largest absolute Gasteiger partial charge is 0.464 e. The molecule has 3 heterocycles. The number of fused-ring (bicyclic) bond motifs is 1. The molecule has 0 saturated carbocycles. The van der Waals surface area contributed by atoms with Crippen LogP contribution in [0, 0.1) is 18.3 Å². The van der Waals surface area contributed by atoms with E-state index in [-0.39, 0.29) is 5.56 Å². The smallest absolute Gasteiger partial charge is 0.263 e. The van der Waals surface area contributed by atoms with Crippen molar-refractivity contribution < 1.29 is 4.42 Å². The van der Waals surface area contributed by atoms with E-state index in [9.17, 15) is 4.79 Å². The van der Waals surface area contributed by atoms with Crippen LogP contribution in [0.1, 0.15) is 18.4 Å². The first-order valence-electron chi connectivity index (χ1n) is 8.69. The summed E-state index contributed by atoms with van der Waals surface area (Å²) in [6.07, 6.45) is 2.59. The van der Waals surface area contributed by atoms with Crippen LogP contribution in [0.15, 0.2) is 57.3 Å². The number of benzene rings is 1. The molecule has 0 fully saturated rings. The quantitative estimate of drug-likeness (QED) is 0.460. The summed E-state index contributed by atoms with van der Waals surface area (Å²) in [6, 6.07) is 13.7. The molecule has 3 aromatic heterocycles. The molecule has 0 spiro atoms. The molecule has 5 nitrogen and oxygen atoms in total. The SMILES string of the molecule is Cc1cccc(-c2nc3scc(-c4ccco4)c3c(=O)n2CCCC#N)c1. The fourth-order valence-corrected chi connectivity index (χ4v) is 4.08. The lowest BCUT2D eigenvalue weighted by atomic mass is 10.1. The Morgan fingerprint density at radius 3 is 2.93 bits per heavy atom. The molecule has 0 amide bonds. The van der Waals surface area contributed by atoms with E-state index in [2.05, 4.69) is 6.07 Å². The van der Waals surface area contributed by atoms with E-state index in [1.54, 1.807) is 16.9 Å². The van der Waals surface area contributed by atoms with Gasteiger partial charge in [0.25, 0.3) is 5.56 Å². The van der Waals surface area contributed by atoms with E-state index in [0.717, 1.165) is 16.7 Å². The van der Waals surface area contributed by atoms with Crippen LogP contribution in [-0.4, -0.2) is 9.55 Å². The van der Waals surface area contributed by atoms with Crippen molar-refractivity contribution in [2.45, 2.75) is 26.3 Å². The van der Waals surface area contributed by atoms with Crippen molar-refractivity contribution >= 4 is 21.6 Å². The minimum atomic E-state index is -0.0953. The van der Waals surface area contributed by atoms with Crippen molar-refractivity contribution in [3.8, 4) is 28.8 Å². The van der Waals surface area contributed by atoms with Gasteiger partial charge in [-0.05, 0) is 31.5 Å². The zero-order valence-corrected chi connectivity index (χ0v) is 15.6. The maximum Gasteiger partial charge on any atom is 0.263 e. The summed E-state index contributed by atoms with van der Waals surface area (Å²) in [7, 11) is 0. The normalized spacial score (nSPS) is 11.0. The second-order valence-electron chi connectivity index (χ2n) is 6.33. The number of rotatable bonds is 5. The van der Waals surface area contributed by atoms with Crippen LogP contribution in [0.5, 0.6) is 0 Å². The molecule has 0 aliphatic rings. The van der Waals surface area contributed by atoms with Crippen LogP contribution < -0.4 is 5.56 Å². The van der Waals surface area contributed by atoms with Crippen LogP contribution in [0.2, 0.25) is 0 Å². The number of unbranched alkanes of at least 4 members (excludes halogenated alkanes) is 1. The predicted octanol–water partition coefficient (Wildman–Crippen LogP) is 5.00. The van der Waals surface area contributed by atoms with E-state index in [4.69, 9.17) is 14.7 Å². The van der Waals surface area contributed by atoms with Gasteiger partial charge in [0.1, 0.15) is 16.4 Å². The van der Waals surface area contributed by atoms with Gasteiger partial charge in [-0.15, -0.1) is 11.3 Å². The van der Waals surface area contributed by atoms with Gasteiger partial charge >= 0.3 is 0 Å². The Balaban J connectivity index is 1.96. The molecule has 0 unspecified atom stereocenters. The van der Waals surface area contributed by atoms with E-state index >= 15 is 0 Å². The Morgan fingerprint density at radius 1 is 1.30 bits per heavy atom. The van der Waals surface area contributed by atoms with Crippen molar-refractivity contribution in [3.63, 3.8) is 0 Å². The molecule has 27 heavy (non-hydrogen) atoms. The van der Waals surface area contributed by atoms with Gasteiger partial charge in [0.2, 0.25) is 0 Å². The summed E-state index contributed by atoms with van der Waals surface area (Å²) in [4.78, 5) is 18.9. The molecule has 0 atom stereocenters. The molecule has 0 saturated heterocycles. The highest BCUT2D eigenvalue weighted by atomic mass is 32.1. The fraction of sp³-hybridized carbons (Fsp3) is 0.190. The second kappa shape index (κ2) is 7.22. The van der Waals surface area contributed by atoms with Crippen molar-refractivity contribution in [1.29, 1.82) is 5.26 Å². The first-order valence-corrected chi connectivity index (χ1v) is 9.57. The minimum Gasteiger partial charge on any atom is -0.464 e. The molecular formula is C21H17N3O2S. The van der Waals surface area contributed by atoms with E-state index in [0.29, 0.717) is 41.2 Å². The maximum atomic E-state index is 13.4. The number of hydrogen-bond acceptors (Lipinski definition) is 5. The Bertz CT molecular complexity index is 1200. The molecule has 134 valence electrons. The molecule has 0 N–H and O–H groups in total. The third-order valence-electron chi connectivity index (χ3n) is 4.43. The van der Waals surface area contributed by atoms with Crippen LogP contribution in [0.4, 0.5) is 0 Å². The lowest BCUT2D eigenvalue weighted by Crippen LogP contribution is -2.23. The van der Waals surface area contributed by atoms with Crippen LogP contribution in [0.25, 0.3) is 32.9 Å². The molecular weight excluding hydrogens is 358 g/mol. The summed E-state index contributed by atoms with van der Waals surface area (Å²) < 4.78 is 7.19. The van der Waals surface area contributed by atoms with Gasteiger partial charge in [-0.2, -0.15) is 5.26 Å². The molecule has 1 aromatic carbocycles. The monoisotopic (exact) mass is 375 g/mol. The Labute approximate surface area is 160 Å². The summed E-state index contributed by atoms with van der Waals surface area (Å²) in [5.41, 5.74) is 2.68. The van der Waals surface area contributed by atoms with Gasteiger partial charge in [-0.3, -0.25) is 9.36 Å². The Kier molecular flexibility index (Phi) is 4.61. The van der Waals surface area contributed by atoms with Gasteiger partial charge in [-0.1, -0.05) is 23.8 Å². The zero-order chi connectivity index (χ0) is 18.8. The molecule has 6 heteroatoms. The van der Waals surface area contributed by atoms with Crippen LogP contribution >= 0.6 is 11.3 Å². The standard InChI is InChI=1S/C21H17N3O2S/c1-14-6-4-7-15(12-14)19-23-20-18(21(25)24(19)10-3-2-9-22)16(13-27-20)17-8-5-11-26-17/h4-8,11-13H,2-3,10H2,1H3. The second-order valence-corrected chi connectivity index (χ2v) is 7.19. The van der Waals surface area contributed by atoms with Gasteiger partial charge in [0.05, 0.1) is 17.7 Å². The van der Waals surface area contributed by atoms with Crippen LogP contribution in [0.3, 0.4) is 0 Å². The number of thiophene rings is 1. The number of nitriles is 1. The van der Waals surface area contributed by atoms with Crippen molar-refractivity contribution in [3.05, 3.63) is 64.0 Å². The summed E-state index contributed by atoms with van der Waals surface area (Å²) in [5.74, 6) is 1.30. The average Bonchev–Trinajstić information content (AvgIpc) is 3.32. The highest BCUT2D eigenvalue weighted by Crippen LogP contribution is 2.32. The summed E-state index contributed by atoms with van der Waals surface area (Å²) in [5, 5.41) is 11.4.